The molecule has 1 aliphatic rings. The van der Waals surface area contributed by atoms with E-state index in [1.807, 2.05) is 44.2 Å². The molecule has 0 fully saturated rings. The average molecular weight is 262 g/mol. The summed E-state index contributed by atoms with van der Waals surface area (Å²) in [5.41, 5.74) is 0.824. The lowest BCUT2D eigenvalue weighted by Crippen LogP contribution is -2.44. The molecule has 1 atom stereocenters. The molecular weight excluding hydrogens is 244 g/mol. The van der Waals surface area contributed by atoms with Crippen molar-refractivity contribution in [3.63, 3.8) is 0 Å². The molecule has 1 aromatic carbocycles. The Kier molecular flexibility index (Phi) is 4.02. The summed E-state index contributed by atoms with van der Waals surface area (Å²) >= 11 is 0. The lowest BCUT2D eigenvalue weighted by Gasteiger charge is -2.29. The summed E-state index contributed by atoms with van der Waals surface area (Å²) in [5.74, 6) is -1.48. The van der Waals surface area contributed by atoms with Crippen molar-refractivity contribution in [2.24, 2.45) is 0 Å². The summed E-state index contributed by atoms with van der Waals surface area (Å²) in [6, 6.07) is 9.41. The van der Waals surface area contributed by atoms with E-state index >= 15 is 0 Å². The Labute approximate surface area is 113 Å². The number of carbonyl (C=O) groups is 1. The maximum absolute atomic E-state index is 12.2. The number of carbonyl (C=O) groups excluding carboxylic acids is 1. The Morgan fingerprint density at radius 1 is 1.26 bits per heavy atom. The number of rotatable bonds is 5. The molecule has 1 aliphatic heterocycles. The summed E-state index contributed by atoms with van der Waals surface area (Å²) in [7, 11) is 0. The summed E-state index contributed by atoms with van der Waals surface area (Å²) < 4.78 is 16.6. The normalized spacial score (nSPS) is 22.5. The SMILES string of the molecule is CCOC1(OC(C)C)OC(c2ccccc2)=CC1=O. The molecule has 0 spiro atoms. The van der Waals surface area contributed by atoms with Crippen molar-refractivity contribution in [1.29, 1.82) is 0 Å². The van der Waals surface area contributed by atoms with E-state index in [9.17, 15) is 4.79 Å². The zero-order chi connectivity index (χ0) is 13.9. The van der Waals surface area contributed by atoms with Gasteiger partial charge >= 0.3 is 5.97 Å². The number of ketones is 1. The molecule has 4 nitrogen and oxygen atoms in total. The zero-order valence-corrected chi connectivity index (χ0v) is 11.4. The molecular formula is C15H18O4. The number of hydrogen-bond donors (Lipinski definition) is 0. The van der Waals surface area contributed by atoms with Gasteiger partial charge < -0.3 is 14.2 Å². The van der Waals surface area contributed by atoms with E-state index in [4.69, 9.17) is 14.2 Å². The molecule has 19 heavy (non-hydrogen) atoms. The van der Waals surface area contributed by atoms with Crippen molar-refractivity contribution in [2.45, 2.75) is 32.8 Å². The number of ether oxygens (including phenoxy) is 3. The van der Waals surface area contributed by atoms with Crippen LogP contribution in [0.4, 0.5) is 0 Å². The van der Waals surface area contributed by atoms with E-state index in [2.05, 4.69) is 0 Å². The van der Waals surface area contributed by atoms with Gasteiger partial charge in [0.1, 0.15) is 5.76 Å². The Bertz CT molecular complexity index is 478. The van der Waals surface area contributed by atoms with E-state index in [0.29, 0.717) is 12.4 Å². The van der Waals surface area contributed by atoms with Crippen LogP contribution in [0.1, 0.15) is 26.3 Å². The fourth-order valence-electron chi connectivity index (χ4n) is 1.89. The van der Waals surface area contributed by atoms with E-state index in [1.165, 1.54) is 6.08 Å². The minimum Gasteiger partial charge on any atom is -0.432 e. The van der Waals surface area contributed by atoms with Crippen LogP contribution in [0.25, 0.3) is 5.76 Å². The summed E-state index contributed by atoms with van der Waals surface area (Å²) in [6.45, 7) is 5.78. The van der Waals surface area contributed by atoms with Gasteiger partial charge in [-0.15, -0.1) is 0 Å². The monoisotopic (exact) mass is 262 g/mol. The molecule has 0 radical (unpaired) electrons. The van der Waals surface area contributed by atoms with Gasteiger partial charge in [0.2, 0.25) is 0 Å². The quantitative estimate of drug-likeness (QED) is 0.765. The van der Waals surface area contributed by atoms with Crippen molar-refractivity contribution in [3.8, 4) is 0 Å². The van der Waals surface area contributed by atoms with Gasteiger partial charge in [0.15, 0.2) is 0 Å². The topological polar surface area (TPSA) is 44.8 Å². The van der Waals surface area contributed by atoms with Crippen molar-refractivity contribution in [1.82, 2.24) is 0 Å². The standard InChI is InChI=1S/C15H18O4/c1-4-17-15(18-11(2)3)14(16)10-13(19-15)12-8-6-5-7-9-12/h5-11H,4H2,1-3H3. The molecule has 4 heteroatoms. The molecule has 2 rings (SSSR count). The molecule has 0 saturated carbocycles. The largest absolute Gasteiger partial charge is 0.432 e. The third kappa shape index (κ3) is 2.85. The lowest BCUT2D eigenvalue weighted by atomic mass is 10.2. The van der Waals surface area contributed by atoms with Crippen LogP contribution >= 0.6 is 0 Å². The summed E-state index contributed by atoms with van der Waals surface area (Å²) in [5, 5.41) is 0. The van der Waals surface area contributed by atoms with Gasteiger partial charge in [-0.05, 0) is 20.8 Å². The van der Waals surface area contributed by atoms with Crippen molar-refractivity contribution < 1.29 is 19.0 Å². The molecule has 0 amide bonds. The third-order valence-corrected chi connectivity index (χ3v) is 2.59. The maximum Gasteiger partial charge on any atom is 0.395 e. The highest BCUT2D eigenvalue weighted by molar-refractivity contribution is 6.03. The van der Waals surface area contributed by atoms with Gasteiger partial charge in [-0.3, -0.25) is 4.79 Å². The molecule has 1 heterocycles. The Hall–Kier alpha value is -1.65. The molecule has 0 N–H and O–H groups in total. The first-order valence-corrected chi connectivity index (χ1v) is 6.39. The van der Waals surface area contributed by atoms with Crippen molar-refractivity contribution in [3.05, 3.63) is 42.0 Å². The van der Waals surface area contributed by atoms with Crippen LogP contribution in [0, 0.1) is 0 Å². The fourth-order valence-corrected chi connectivity index (χ4v) is 1.89. The van der Waals surface area contributed by atoms with Crippen LogP contribution in [0.5, 0.6) is 0 Å². The van der Waals surface area contributed by atoms with Crippen molar-refractivity contribution in [2.75, 3.05) is 6.61 Å². The molecule has 0 bridgehead atoms. The third-order valence-electron chi connectivity index (χ3n) is 2.59. The van der Waals surface area contributed by atoms with Crippen LogP contribution in [-0.2, 0) is 19.0 Å². The van der Waals surface area contributed by atoms with Crippen LogP contribution < -0.4 is 0 Å². The van der Waals surface area contributed by atoms with E-state index in [-0.39, 0.29) is 11.9 Å². The second-order valence-corrected chi connectivity index (χ2v) is 4.50. The van der Waals surface area contributed by atoms with Crippen LogP contribution in [0.2, 0.25) is 0 Å². The average Bonchev–Trinajstić information content (AvgIpc) is 2.68. The second-order valence-electron chi connectivity index (χ2n) is 4.50. The number of hydrogen-bond acceptors (Lipinski definition) is 4. The van der Waals surface area contributed by atoms with Gasteiger partial charge in [0.25, 0.3) is 5.78 Å². The fraction of sp³-hybridized carbons (Fsp3) is 0.400. The first-order chi connectivity index (χ1) is 9.07. The predicted octanol–water partition coefficient (Wildman–Crippen LogP) is 2.74. The first kappa shape index (κ1) is 13.8. The smallest absolute Gasteiger partial charge is 0.395 e. The summed E-state index contributed by atoms with van der Waals surface area (Å²) in [4.78, 5) is 12.2. The van der Waals surface area contributed by atoms with Gasteiger partial charge in [-0.1, -0.05) is 30.3 Å². The Morgan fingerprint density at radius 3 is 2.53 bits per heavy atom. The molecule has 0 aromatic heterocycles. The second kappa shape index (κ2) is 5.55. The van der Waals surface area contributed by atoms with Gasteiger partial charge in [0, 0.05) is 11.6 Å². The van der Waals surface area contributed by atoms with Gasteiger partial charge in [-0.2, -0.15) is 0 Å². The molecule has 102 valence electrons. The molecule has 0 saturated heterocycles. The highest BCUT2D eigenvalue weighted by Gasteiger charge is 2.48. The maximum atomic E-state index is 12.2. The highest BCUT2D eigenvalue weighted by atomic mass is 16.9. The highest BCUT2D eigenvalue weighted by Crippen LogP contribution is 2.34. The molecule has 1 aromatic rings. The predicted molar refractivity (Wildman–Crippen MR) is 71.1 cm³/mol. The van der Waals surface area contributed by atoms with E-state index in [1.54, 1.807) is 6.92 Å². The van der Waals surface area contributed by atoms with Crippen LogP contribution in [0.15, 0.2) is 36.4 Å². The van der Waals surface area contributed by atoms with Crippen LogP contribution in [-0.4, -0.2) is 24.5 Å². The lowest BCUT2D eigenvalue weighted by molar-refractivity contribution is -0.332. The molecule has 0 aliphatic carbocycles. The number of benzene rings is 1. The minimum atomic E-state index is -1.63. The Morgan fingerprint density at radius 2 is 1.95 bits per heavy atom. The van der Waals surface area contributed by atoms with Gasteiger partial charge in [0.05, 0.1) is 12.7 Å². The van der Waals surface area contributed by atoms with E-state index in [0.717, 1.165) is 5.56 Å². The summed E-state index contributed by atoms with van der Waals surface area (Å²) in [6.07, 6.45) is 1.24. The first-order valence-electron chi connectivity index (χ1n) is 6.39. The zero-order valence-electron chi connectivity index (χ0n) is 11.4. The Balaban J connectivity index is 2.25. The van der Waals surface area contributed by atoms with Gasteiger partial charge in [-0.25, -0.2) is 0 Å². The molecule has 1 unspecified atom stereocenters. The van der Waals surface area contributed by atoms with Crippen molar-refractivity contribution >= 4 is 11.5 Å². The minimum absolute atomic E-state index is 0.181. The van der Waals surface area contributed by atoms with E-state index < -0.39 is 5.97 Å². The van der Waals surface area contributed by atoms with Crippen LogP contribution in [0.3, 0.4) is 0 Å².